The Hall–Kier alpha value is -1.52. The van der Waals surface area contributed by atoms with Gasteiger partial charge in [-0.2, -0.15) is 0 Å². The minimum atomic E-state index is -0.765. The zero-order chi connectivity index (χ0) is 10.7. The lowest BCUT2D eigenvalue weighted by Gasteiger charge is -2.33. The van der Waals surface area contributed by atoms with Crippen molar-refractivity contribution in [1.82, 2.24) is 4.98 Å². The number of nitrogens with zero attached hydrogens (tertiary/aromatic N) is 2. The maximum Gasteiger partial charge on any atom is 0.305 e. The van der Waals surface area contributed by atoms with Crippen LogP contribution < -0.4 is 4.90 Å². The summed E-state index contributed by atoms with van der Waals surface area (Å²) in [6, 6.07) is 0.566. The fourth-order valence-electron chi connectivity index (χ4n) is 2.02. The molecule has 1 fully saturated rings. The van der Waals surface area contributed by atoms with Gasteiger partial charge in [0, 0.05) is 12.6 Å². The number of hydrogen-bond donors (Lipinski definition) is 1. The van der Waals surface area contributed by atoms with Gasteiger partial charge in [-0.3, -0.25) is 4.79 Å². The Kier molecular flexibility index (Phi) is 2.89. The summed E-state index contributed by atoms with van der Waals surface area (Å²) in [4.78, 5) is 16.7. The van der Waals surface area contributed by atoms with E-state index >= 15 is 0 Å². The number of carboxylic acids is 1. The minimum Gasteiger partial charge on any atom is -0.481 e. The summed E-state index contributed by atoms with van der Waals surface area (Å²) in [5.41, 5.74) is 0. The maximum absolute atomic E-state index is 10.7. The number of hydrogen-bond acceptors (Lipinski definition) is 4. The molecule has 0 bridgehead atoms. The highest BCUT2D eigenvalue weighted by atomic mass is 16.4. The minimum absolute atomic E-state index is 0.0231. The second-order valence-corrected chi connectivity index (χ2v) is 3.76. The Balaban J connectivity index is 2.09. The second kappa shape index (κ2) is 4.33. The summed E-state index contributed by atoms with van der Waals surface area (Å²) < 4.78 is 5.21. The first-order chi connectivity index (χ1) is 7.27. The third-order valence-electron chi connectivity index (χ3n) is 2.70. The number of piperidine rings is 1. The van der Waals surface area contributed by atoms with Gasteiger partial charge >= 0.3 is 5.97 Å². The molecule has 1 atom stereocenters. The molecule has 0 radical (unpaired) electrons. The molecule has 0 aromatic carbocycles. The molecule has 0 aliphatic carbocycles. The molecule has 1 unspecified atom stereocenters. The van der Waals surface area contributed by atoms with Crippen LogP contribution in [0.4, 0.5) is 6.01 Å². The van der Waals surface area contributed by atoms with Crippen LogP contribution in [0.25, 0.3) is 0 Å². The summed E-state index contributed by atoms with van der Waals surface area (Å²) in [5.74, 6) is -0.765. The molecule has 5 nitrogen and oxygen atoms in total. The van der Waals surface area contributed by atoms with Crippen LogP contribution in [0, 0.1) is 0 Å². The van der Waals surface area contributed by atoms with Crippen LogP contribution in [0.2, 0.25) is 0 Å². The molecule has 1 aliphatic heterocycles. The third-order valence-corrected chi connectivity index (χ3v) is 2.70. The van der Waals surface area contributed by atoms with E-state index in [4.69, 9.17) is 9.52 Å². The summed E-state index contributed by atoms with van der Waals surface area (Å²) in [7, 11) is 0. The van der Waals surface area contributed by atoms with Crippen molar-refractivity contribution < 1.29 is 14.3 Å². The number of rotatable bonds is 3. The van der Waals surface area contributed by atoms with Gasteiger partial charge in [0.1, 0.15) is 6.26 Å². The van der Waals surface area contributed by atoms with Gasteiger partial charge in [0.05, 0.1) is 12.6 Å². The van der Waals surface area contributed by atoms with Crippen molar-refractivity contribution in [3.8, 4) is 0 Å². The molecule has 82 valence electrons. The molecular formula is C10H14N2O3. The number of oxazole rings is 1. The van der Waals surface area contributed by atoms with Crippen LogP contribution >= 0.6 is 0 Å². The predicted molar refractivity (Wildman–Crippen MR) is 53.7 cm³/mol. The molecule has 0 amide bonds. The summed E-state index contributed by atoms with van der Waals surface area (Å²) in [5, 5.41) is 8.80. The highest BCUT2D eigenvalue weighted by Crippen LogP contribution is 2.24. The number of aromatic nitrogens is 1. The van der Waals surface area contributed by atoms with E-state index in [0.717, 1.165) is 25.8 Å². The van der Waals surface area contributed by atoms with E-state index in [2.05, 4.69) is 4.98 Å². The van der Waals surface area contributed by atoms with E-state index in [1.807, 2.05) is 4.90 Å². The van der Waals surface area contributed by atoms with Crippen molar-refractivity contribution in [1.29, 1.82) is 0 Å². The first-order valence-corrected chi connectivity index (χ1v) is 5.15. The van der Waals surface area contributed by atoms with Crippen molar-refractivity contribution in [3.63, 3.8) is 0 Å². The normalized spacial score (nSPS) is 21.6. The molecular weight excluding hydrogens is 196 g/mol. The molecule has 1 saturated heterocycles. The van der Waals surface area contributed by atoms with Crippen LogP contribution in [-0.2, 0) is 4.79 Å². The van der Waals surface area contributed by atoms with E-state index in [0.29, 0.717) is 6.01 Å². The van der Waals surface area contributed by atoms with E-state index in [1.54, 1.807) is 6.20 Å². The lowest BCUT2D eigenvalue weighted by Crippen LogP contribution is -2.41. The summed E-state index contributed by atoms with van der Waals surface area (Å²) in [6.45, 7) is 0.832. The van der Waals surface area contributed by atoms with Crippen LogP contribution in [0.5, 0.6) is 0 Å². The number of carbonyl (C=O) groups is 1. The number of anilines is 1. The Morgan fingerprint density at radius 2 is 2.53 bits per heavy atom. The van der Waals surface area contributed by atoms with Gasteiger partial charge in [0.15, 0.2) is 0 Å². The van der Waals surface area contributed by atoms with E-state index in [1.165, 1.54) is 6.26 Å². The first kappa shape index (κ1) is 10.0. The fourth-order valence-corrected chi connectivity index (χ4v) is 2.02. The topological polar surface area (TPSA) is 66.6 Å². The Morgan fingerprint density at radius 3 is 3.20 bits per heavy atom. The Morgan fingerprint density at radius 1 is 1.67 bits per heavy atom. The molecule has 1 aliphatic rings. The third kappa shape index (κ3) is 2.29. The lowest BCUT2D eigenvalue weighted by atomic mass is 10.00. The standard InChI is InChI=1S/C10H14N2O3/c13-9(14)7-8-3-1-2-5-12(8)10-11-4-6-15-10/h4,6,8H,1-3,5,7H2,(H,13,14). The quantitative estimate of drug-likeness (QED) is 0.819. The van der Waals surface area contributed by atoms with Gasteiger partial charge in [0.25, 0.3) is 6.01 Å². The Bertz CT molecular complexity index is 323. The van der Waals surface area contributed by atoms with Gasteiger partial charge in [-0.25, -0.2) is 4.98 Å². The van der Waals surface area contributed by atoms with Gasteiger partial charge < -0.3 is 14.4 Å². The van der Waals surface area contributed by atoms with Gasteiger partial charge in [0.2, 0.25) is 0 Å². The molecule has 5 heteroatoms. The zero-order valence-corrected chi connectivity index (χ0v) is 8.43. The summed E-state index contributed by atoms with van der Waals surface area (Å²) >= 11 is 0. The van der Waals surface area contributed by atoms with Gasteiger partial charge in [-0.05, 0) is 19.3 Å². The monoisotopic (exact) mass is 210 g/mol. The average molecular weight is 210 g/mol. The van der Waals surface area contributed by atoms with Crippen molar-refractivity contribution in [2.75, 3.05) is 11.4 Å². The van der Waals surface area contributed by atoms with Crippen LogP contribution in [0.1, 0.15) is 25.7 Å². The molecule has 15 heavy (non-hydrogen) atoms. The van der Waals surface area contributed by atoms with Crippen molar-refractivity contribution >= 4 is 12.0 Å². The van der Waals surface area contributed by atoms with Crippen molar-refractivity contribution in [2.24, 2.45) is 0 Å². The van der Waals surface area contributed by atoms with Crippen molar-refractivity contribution in [3.05, 3.63) is 12.5 Å². The largest absolute Gasteiger partial charge is 0.481 e. The highest BCUT2D eigenvalue weighted by Gasteiger charge is 2.27. The summed E-state index contributed by atoms with van der Waals surface area (Å²) in [6.07, 6.45) is 6.30. The molecule has 2 rings (SSSR count). The number of carboxylic acid groups (broad SMARTS) is 1. The molecule has 2 heterocycles. The lowest BCUT2D eigenvalue weighted by molar-refractivity contribution is -0.137. The average Bonchev–Trinajstić information content (AvgIpc) is 2.70. The first-order valence-electron chi connectivity index (χ1n) is 5.15. The van der Waals surface area contributed by atoms with E-state index in [-0.39, 0.29) is 12.5 Å². The second-order valence-electron chi connectivity index (χ2n) is 3.76. The van der Waals surface area contributed by atoms with E-state index in [9.17, 15) is 4.79 Å². The molecule has 1 aromatic heterocycles. The molecule has 1 N–H and O–H groups in total. The van der Waals surface area contributed by atoms with Crippen LogP contribution in [-0.4, -0.2) is 28.6 Å². The van der Waals surface area contributed by atoms with Gasteiger partial charge in [-0.1, -0.05) is 0 Å². The predicted octanol–water partition coefficient (Wildman–Crippen LogP) is 1.51. The Labute approximate surface area is 87.7 Å². The fraction of sp³-hybridized carbons (Fsp3) is 0.600. The highest BCUT2D eigenvalue weighted by molar-refractivity contribution is 5.68. The van der Waals surface area contributed by atoms with Crippen LogP contribution in [0.3, 0.4) is 0 Å². The zero-order valence-electron chi connectivity index (χ0n) is 8.43. The maximum atomic E-state index is 10.7. The molecule has 0 spiro atoms. The van der Waals surface area contributed by atoms with Crippen molar-refractivity contribution in [2.45, 2.75) is 31.7 Å². The van der Waals surface area contributed by atoms with Gasteiger partial charge in [-0.15, -0.1) is 0 Å². The molecule has 0 saturated carbocycles. The number of aliphatic carboxylic acids is 1. The van der Waals surface area contributed by atoms with Crippen LogP contribution in [0.15, 0.2) is 16.9 Å². The van der Waals surface area contributed by atoms with E-state index < -0.39 is 5.97 Å². The molecule has 1 aromatic rings. The smallest absolute Gasteiger partial charge is 0.305 e. The SMILES string of the molecule is O=C(O)CC1CCCCN1c1ncco1.